The zero-order chi connectivity index (χ0) is 23.3. The van der Waals surface area contributed by atoms with Crippen molar-refractivity contribution < 1.29 is 14.5 Å². The maximum absolute atomic E-state index is 9.98. The van der Waals surface area contributed by atoms with E-state index in [0.29, 0.717) is 11.0 Å². The molecule has 0 amide bonds. The summed E-state index contributed by atoms with van der Waals surface area (Å²) in [6, 6.07) is 36.0. The Morgan fingerprint density at radius 1 is 0.514 bits per heavy atom. The van der Waals surface area contributed by atoms with Crippen LogP contribution in [0, 0.1) is 0 Å². The zero-order valence-corrected chi connectivity index (χ0v) is 18.7. The van der Waals surface area contributed by atoms with Crippen LogP contribution in [-0.4, -0.2) is 17.2 Å². The van der Waals surface area contributed by atoms with E-state index in [2.05, 4.69) is 84.9 Å². The van der Waals surface area contributed by atoms with Gasteiger partial charge in [-0.3, -0.25) is 0 Å². The topological polar surface area (TPSA) is 53.6 Å². The molecule has 8 rings (SSSR count). The van der Waals surface area contributed by atoms with Gasteiger partial charge in [-0.25, -0.2) is 0 Å². The minimum Gasteiger partial charge on any atom is -0.456 e. The minimum absolute atomic E-state index is 0.380. The third kappa shape index (κ3) is 2.15. The van der Waals surface area contributed by atoms with Crippen LogP contribution in [0.15, 0.2) is 108 Å². The standard InChI is InChI=1S/C31H19BO3/c33-32(34)27-15-7-11-20-21-16-17-26-28(30(21)35-29(20)27)22-10-3-6-14-25(22)31(26)23-12-4-1-8-18(23)19-9-2-5-13-24(19)31/h1-17,33-34H. The predicted octanol–water partition coefficient (Wildman–Crippen LogP) is 5.61. The van der Waals surface area contributed by atoms with Gasteiger partial charge in [-0.1, -0.05) is 103 Å². The van der Waals surface area contributed by atoms with Gasteiger partial charge in [-0.2, -0.15) is 0 Å². The molecule has 1 heterocycles. The van der Waals surface area contributed by atoms with E-state index in [1.54, 1.807) is 6.07 Å². The molecule has 0 atom stereocenters. The molecule has 2 aliphatic carbocycles. The predicted molar refractivity (Wildman–Crippen MR) is 140 cm³/mol. The molecule has 0 saturated heterocycles. The van der Waals surface area contributed by atoms with Crippen LogP contribution in [0.5, 0.6) is 0 Å². The Labute approximate surface area is 202 Å². The van der Waals surface area contributed by atoms with Gasteiger partial charge >= 0.3 is 7.12 Å². The fourth-order valence-electron chi connectivity index (χ4n) is 6.66. The van der Waals surface area contributed by atoms with Crippen molar-refractivity contribution in [2.24, 2.45) is 0 Å². The van der Waals surface area contributed by atoms with Gasteiger partial charge in [0.15, 0.2) is 0 Å². The summed E-state index contributed by atoms with van der Waals surface area (Å²) >= 11 is 0. The molecule has 5 aromatic carbocycles. The summed E-state index contributed by atoms with van der Waals surface area (Å²) < 4.78 is 6.50. The van der Waals surface area contributed by atoms with Gasteiger partial charge in [0.25, 0.3) is 0 Å². The second-order valence-electron chi connectivity index (χ2n) is 9.45. The SMILES string of the molecule is OB(O)c1cccc2c1oc1c3c(ccc12)C1(c2ccccc2-c2ccccc21)c1ccccc1-3. The molecule has 0 aliphatic heterocycles. The highest BCUT2D eigenvalue weighted by molar-refractivity contribution is 6.61. The van der Waals surface area contributed by atoms with E-state index in [4.69, 9.17) is 4.42 Å². The number of furan rings is 1. The summed E-state index contributed by atoms with van der Waals surface area (Å²) in [6.45, 7) is 0. The number of fused-ring (bicyclic) bond motifs is 14. The van der Waals surface area contributed by atoms with E-state index in [9.17, 15) is 10.0 Å². The maximum Gasteiger partial charge on any atom is 0.492 e. The highest BCUT2D eigenvalue weighted by atomic mass is 16.4. The number of hydrogen-bond donors (Lipinski definition) is 2. The monoisotopic (exact) mass is 450 g/mol. The molecule has 0 bridgehead atoms. The van der Waals surface area contributed by atoms with E-state index in [1.165, 1.54) is 33.4 Å². The highest BCUT2D eigenvalue weighted by Gasteiger charge is 2.52. The van der Waals surface area contributed by atoms with Crippen molar-refractivity contribution in [1.29, 1.82) is 0 Å². The lowest BCUT2D eigenvalue weighted by Crippen LogP contribution is -2.29. The van der Waals surface area contributed by atoms with Gasteiger partial charge in [-0.05, 0) is 38.9 Å². The molecule has 6 aromatic rings. The zero-order valence-electron chi connectivity index (χ0n) is 18.7. The first-order valence-electron chi connectivity index (χ1n) is 11.9. The summed E-state index contributed by atoms with van der Waals surface area (Å²) in [5.41, 5.74) is 11.1. The van der Waals surface area contributed by atoms with E-state index in [-0.39, 0.29) is 0 Å². The van der Waals surface area contributed by atoms with Crippen LogP contribution in [0.1, 0.15) is 22.3 Å². The molecule has 3 nitrogen and oxygen atoms in total. The molecule has 2 N–H and O–H groups in total. The Morgan fingerprint density at radius 2 is 1.09 bits per heavy atom. The number of rotatable bonds is 1. The molecular weight excluding hydrogens is 431 g/mol. The molecule has 1 aromatic heterocycles. The Bertz CT molecular complexity index is 1800. The third-order valence-electron chi connectivity index (χ3n) is 7.93. The van der Waals surface area contributed by atoms with Gasteiger partial charge in [0.05, 0.1) is 5.41 Å². The summed E-state index contributed by atoms with van der Waals surface area (Å²) in [6.07, 6.45) is 0. The van der Waals surface area contributed by atoms with E-state index in [1.807, 2.05) is 12.1 Å². The lowest BCUT2D eigenvalue weighted by Gasteiger charge is -2.30. The number of benzene rings is 5. The van der Waals surface area contributed by atoms with Crippen LogP contribution in [0.4, 0.5) is 0 Å². The molecular formula is C31H19BO3. The van der Waals surface area contributed by atoms with Crippen molar-refractivity contribution in [2.45, 2.75) is 5.41 Å². The number of hydrogen-bond acceptors (Lipinski definition) is 3. The van der Waals surface area contributed by atoms with Crippen molar-refractivity contribution in [2.75, 3.05) is 0 Å². The van der Waals surface area contributed by atoms with Gasteiger partial charge in [0, 0.05) is 21.8 Å². The lowest BCUT2D eigenvalue weighted by molar-refractivity contribution is 0.425. The summed E-state index contributed by atoms with van der Waals surface area (Å²) in [5, 5.41) is 21.8. The molecule has 0 saturated carbocycles. The van der Waals surface area contributed by atoms with E-state index in [0.717, 1.165) is 27.5 Å². The smallest absolute Gasteiger partial charge is 0.456 e. The molecule has 0 unspecified atom stereocenters. The van der Waals surface area contributed by atoms with Gasteiger partial charge < -0.3 is 14.5 Å². The summed E-state index contributed by atoms with van der Waals surface area (Å²) in [7, 11) is -1.60. The largest absolute Gasteiger partial charge is 0.492 e. The Balaban J connectivity index is 1.58. The fourth-order valence-corrected chi connectivity index (χ4v) is 6.66. The second-order valence-corrected chi connectivity index (χ2v) is 9.45. The Hall–Kier alpha value is -4.12. The Kier molecular flexibility index (Phi) is 3.57. The van der Waals surface area contributed by atoms with E-state index >= 15 is 0 Å². The van der Waals surface area contributed by atoms with Crippen LogP contribution < -0.4 is 5.46 Å². The van der Waals surface area contributed by atoms with Gasteiger partial charge in [-0.15, -0.1) is 0 Å². The van der Waals surface area contributed by atoms with Crippen LogP contribution in [0.3, 0.4) is 0 Å². The molecule has 0 fully saturated rings. The first kappa shape index (κ1) is 19.2. The fraction of sp³-hybridized carbons (Fsp3) is 0.0323. The maximum atomic E-state index is 9.98. The second kappa shape index (κ2) is 6.51. The van der Waals surface area contributed by atoms with Crippen LogP contribution in [0.25, 0.3) is 44.2 Å². The van der Waals surface area contributed by atoms with Gasteiger partial charge in [0.1, 0.15) is 11.2 Å². The molecule has 0 radical (unpaired) electrons. The minimum atomic E-state index is -1.60. The van der Waals surface area contributed by atoms with E-state index < -0.39 is 12.5 Å². The lowest BCUT2D eigenvalue weighted by atomic mass is 9.70. The van der Waals surface area contributed by atoms with Crippen LogP contribution in [-0.2, 0) is 5.41 Å². The third-order valence-corrected chi connectivity index (χ3v) is 7.93. The first-order chi connectivity index (χ1) is 17.2. The molecule has 1 spiro atoms. The average molecular weight is 450 g/mol. The van der Waals surface area contributed by atoms with Crippen molar-refractivity contribution >= 4 is 34.5 Å². The summed E-state index contributed by atoms with van der Waals surface area (Å²) in [4.78, 5) is 0. The van der Waals surface area contributed by atoms with Gasteiger partial charge in [0.2, 0.25) is 0 Å². The first-order valence-corrected chi connectivity index (χ1v) is 11.9. The molecule has 164 valence electrons. The summed E-state index contributed by atoms with van der Waals surface area (Å²) in [5.74, 6) is 0. The van der Waals surface area contributed by atoms with Crippen molar-refractivity contribution in [3.05, 3.63) is 125 Å². The molecule has 2 aliphatic rings. The average Bonchev–Trinajstić information content (AvgIpc) is 3.52. The van der Waals surface area contributed by atoms with Crippen LogP contribution >= 0.6 is 0 Å². The number of para-hydroxylation sites is 1. The molecule has 4 heteroatoms. The van der Waals surface area contributed by atoms with Crippen molar-refractivity contribution in [1.82, 2.24) is 0 Å². The van der Waals surface area contributed by atoms with Crippen molar-refractivity contribution in [3.63, 3.8) is 0 Å². The highest BCUT2D eigenvalue weighted by Crippen LogP contribution is 2.63. The van der Waals surface area contributed by atoms with Crippen LogP contribution in [0.2, 0.25) is 0 Å². The Morgan fingerprint density at radius 3 is 1.74 bits per heavy atom. The quantitative estimate of drug-likeness (QED) is 0.320. The van der Waals surface area contributed by atoms with Crippen molar-refractivity contribution in [3.8, 4) is 22.3 Å². The normalized spacial score (nSPS) is 14.2. The molecule has 35 heavy (non-hydrogen) atoms.